The molecule has 7 heteroatoms. The lowest BCUT2D eigenvalue weighted by Crippen LogP contribution is -2.17. The van der Waals surface area contributed by atoms with Gasteiger partial charge in [-0.05, 0) is 30.2 Å². The first-order valence-corrected chi connectivity index (χ1v) is 4.48. The highest BCUT2D eigenvalue weighted by atomic mass is 19.4. The number of halogens is 3. The molecule has 0 radical (unpaired) electrons. The largest absolute Gasteiger partial charge is 0.573 e. The zero-order valence-electron chi connectivity index (χ0n) is 8.65. The van der Waals surface area contributed by atoms with Crippen LogP contribution in [0.2, 0.25) is 0 Å². The van der Waals surface area contributed by atoms with Gasteiger partial charge in [0, 0.05) is 0 Å². The Kier molecular flexibility index (Phi) is 3.62. The number of carboxylic acids is 1. The number of carbonyl (C=O) groups is 1. The van der Waals surface area contributed by atoms with E-state index in [4.69, 9.17) is 5.11 Å². The van der Waals surface area contributed by atoms with E-state index in [1.54, 1.807) is 0 Å². The summed E-state index contributed by atoms with van der Waals surface area (Å²) in [7, 11) is 0. The lowest BCUT2D eigenvalue weighted by Gasteiger charge is -2.13. The van der Waals surface area contributed by atoms with Gasteiger partial charge in [-0.1, -0.05) is 6.07 Å². The van der Waals surface area contributed by atoms with Gasteiger partial charge in [0.25, 0.3) is 0 Å². The summed E-state index contributed by atoms with van der Waals surface area (Å²) in [5.41, 5.74) is 0.216. The first-order chi connectivity index (χ1) is 7.70. The molecule has 0 aliphatic heterocycles. The average molecular weight is 250 g/mol. The number of carboxylic acid groups (broad SMARTS) is 1. The van der Waals surface area contributed by atoms with Crippen molar-refractivity contribution in [2.24, 2.45) is 0 Å². The second-order valence-corrected chi connectivity index (χ2v) is 3.31. The van der Waals surface area contributed by atoms with Crippen molar-refractivity contribution in [2.75, 3.05) is 0 Å². The van der Waals surface area contributed by atoms with Crippen molar-refractivity contribution < 1.29 is 32.9 Å². The average Bonchev–Trinajstić information content (AvgIpc) is 2.14. The van der Waals surface area contributed by atoms with Crippen LogP contribution in [0.4, 0.5) is 13.2 Å². The van der Waals surface area contributed by atoms with Crippen LogP contribution in [0.5, 0.6) is 5.75 Å². The third-order valence-corrected chi connectivity index (χ3v) is 2.00. The molecule has 1 aromatic carbocycles. The molecular weight excluding hydrogens is 241 g/mol. The van der Waals surface area contributed by atoms with E-state index in [9.17, 15) is 23.1 Å². The number of aliphatic carboxylic acids is 1. The summed E-state index contributed by atoms with van der Waals surface area (Å²) in [6.45, 7) is 1.38. The van der Waals surface area contributed by atoms with Crippen molar-refractivity contribution in [1.82, 2.24) is 0 Å². The van der Waals surface area contributed by atoms with Gasteiger partial charge >= 0.3 is 12.3 Å². The number of aliphatic hydroxyl groups excluding tert-OH is 1. The molecule has 1 atom stereocenters. The predicted octanol–water partition coefficient (Wildman–Crippen LogP) is 2.01. The number of aryl methyl sites for hydroxylation is 1. The molecule has 0 aromatic heterocycles. The molecule has 0 amide bonds. The van der Waals surface area contributed by atoms with E-state index in [0.29, 0.717) is 0 Å². The zero-order valence-corrected chi connectivity index (χ0v) is 8.65. The van der Waals surface area contributed by atoms with Crippen molar-refractivity contribution in [1.29, 1.82) is 0 Å². The number of rotatable bonds is 3. The number of aliphatic hydroxyl groups is 1. The molecule has 0 aliphatic rings. The maximum absolute atomic E-state index is 11.9. The van der Waals surface area contributed by atoms with E-state index in [-0.39, 0.29) is 11.1 Å². The maximum atomic E-state index is 11.9. The van der Waals surface area contributed by atoms with Gasteiger partial charge in [-0.2, -0.15) is 0 Å². The third-order valence-electron chi connectivity index (χ3n) is 2.00. The number of alkyl halides is 3. The standard InChI is InChI=1S/C10H9F3O4/c1-5-4-6(17-10(11,12)13)2-3-7(5)8(14)9(15)16/h2-4,8,14H,1H3,(H,15,16). The van der Waals surface area contributed by atoms with Gasteiger partial charge in [-0.25, -0.2) is 4.79 Å². The van der Waals surface area contributed by atoms with Crippen molar-refractivity contribution in [3.05, 3.63) is 29.3 Å². The molecule has 0 spiro atoms. The fraction of sp³-hybridized carbons (Fsp3) is 0.300. The summed E-state index contributed by atoms with van der Waals surface area (Å²) < 4.78 is 39.3. The Morgan fingerprint density at radius 1 is 1.41 bits per heavy atom. The van der Waals surface area contributed by atoms with Gasteiger partial charge in [0.2, 0.25) is 0 Å². The topological polar surface area (TPSA) is 66.8 Å². The highest BCUT2D eigenvalue weighted by Gasteiger charge is 2.31. The Labute approximate surface area is 94.3 Å². The van der Waals surface area contributed by atoms with Crippen LogP contribution >= 0.6 is 0 Å². The summed E-state index contributed by atoms with van der Waals surface area (Å²) in [6, 6.07) is 3.03. The van der Waals surface area contributed by atoms with E-state index < -0.39 is 24.2 Å². The molecule has 0 bridgehead atoms. The summed E-state index contributed by atoms with van der Waals surface area (Å²) >= 11 is 0. The van der Waals surface area contributed by atoms with Crippen LogP contribution in [0, 0.1) is 6.92 Å². The van der Waals surface area contributed by atoms with E-state index >= 15 is 0 Å². The Balaban J connectivity index is 2.98. The first kappa shape index (κ1) is 13.3. The summed E-state index contributed by atoms with van der Waals surface area (Å²) in [4.78, 5) is 10.5. The fourth-order valence-electron chi connectivity index (χ4n) is 1.29. The molecule has 1 rings (SSSR count). The van der Waals surface area contributed by atoms with Crippen molar-refractivity contribution in [2.45, 2.75) is 19.4 Å². The molecular formula is C10H9F3O4. The quantitative estimate of drug-likeness (QED) is 0.861. The molecule has 1 aromatic rings. The molecule has 17 heavy (non-hydrogen) atoms. The maximum Gasteiger partial charge on any atom is 0.573 e. The minimum Gasteiger partial charge on any atom is -0.479 e. The summed E-state index contributed by atoms with van der Waals surface area (Å²) in [6.07, 6.45) is -6.57. The minimum atomic E-state index is -4.81. The van der Waals surface area contributed by atoms with Crippen LogP contribution in [-0.4, -0.2) is 22.5 Å². The Hall–Kier alpha value is -1.76. The number of hydrogen-bond donors (Lipinski definition) is 2. The number of ether oxygens (including phenoxy) is 1. The van der Waals surface area contributed by atoms with Crippen LogP contribution < -0.4 is 4.74 Å². The number of benzene rings is 1. The van der Waals surface area contributed by atoms with E-state index in [2.05, 4.69) is 4.74 Å². The third kappa shape index (κ3) is 3.63. The molecule has 2 N–H and O–H groups in total. The highest BCUT2D eigenvalue weighted by molar-refractivity contribution is 5.74. The Bertz CT molecular complexity index is 428. The normalized spacial score (nSPS) is 13.2. The Morgan fingerprint density at radius 2 is 2.00 bits per heavy atom. The molecule has 0 heterocycles. The lowest BCUT2D eigenvalue weighted by atomic mass is 10.0. The molecule has 0 aliphatic carbocycles. The molecule has 0 fully saturated rings. The zero-order chi connectivity index (χ0) is 13.2. The predicted molar refractivity (Wildman–Crippen MR) is 50.5 cm³/mol. The van der Waals surface area contributed by atoms with Crippen LogP contribution in [-0.2, 0) is 4.79 Å². The molecule has 4 nitrogen and oxygen atoms in total. The van der Waals surface area contributed by atoms with Crippen LogP contribution in [0.25, 0.3) is 0 Å². The molecule has 1 unspecified atom stereocenters. The second-order valence-electron chi connectivity index (χ2n) is 3.31. The van der Waals surface area contributed by atoms with Crippen LogP contribution in [0.15, 0.2) is 18.2 Å². The Morgan fingerprint density at radius 3 is 2.41 bits per heavy atom. The smallest absolute Gasteiger partial charge is 0.479 e. The van der Waals surface area contributed by atoms with Crippen molar-refractivity contribution >= 4 is 5.97 Å². The van der Waals surface area contributed by atoms with Crippen molar-refractivity contribution in [3.8, 4) is 5.75 Å². The summed E-state index contributed by atoms with van der Waals surface area (Å²) in [5, 5.41) is 17.8. The van der Waals surface area contributed by atoms with E-state index in [1.165, 1.54) is 6.92 Å². The fourth-order valence-corrected chi connectivity index (χ4v) is 1.29. The van der Waals surface area contributed by atoms with E-state index in [0.717, 1.165) is 18.2 Å². The van der Waals surface area contributed by atoms with Crippen molar-refractivity contribution in [3.63, 3.8) is 0 Å². The molecule has 0 saturated heterocycles. The van der Waals surface area contributed by atoms with Gasteiger partial charge in [0.1, 0.15) is 5.75 Å². The first-order valence-electron chi connectivity index (χ1n) is 4.48. The molecule has 0 saturated carbocycles. The van der Waals surface area contributed by atoms with Crippen LogP contribution in [0.3, 0.4) is 0 Å². The van der Waals surface area contributed by atoms with Gasteiger partial charge in [0.15, 0.2) is 6.10 Å². The van der Waals surface area contributed by atoms with Gasteiger partial charge < -0.3 is 14.9 Å². The molecule has 94 valence electrons. The SMILES string of the molecule is Cc1cc(OC(F)(F)F)ccc1C(O)C(=O)O. The van der Waals surface area contributed by atoms with Gasteiger partial charge in [0.05, 0.1) is 0 Å². The van der Waals surface area contributed by atoms with Crippen LogP contribution in [0.1, 0.15) is 17.2 Å². The monoisotopic (exact) mass is 250 g/mol. The van der Waals surface area contributed by atoms with E-state index in [1.807, 2.05) is 0 Å². The highest BCUT2D eigenvalue weighted by Crippen LogP contribution is 2.27. The lowest BCUT2D eigenvalue weighted by molar-refractivity contribution is -0.274. The summed E-state index contributed by atoms with van der Waals surface area (Å²) in [5.74, 6) is -1.94. The second kappa shape index (κ2) is 4.62. The number of hydrogen-bond acceptors (Lipinski definition) is 3. The van der Waals surface area contributed by atoms with Gasteiger partial charge in [-0.3, -0.25) is 0 Å². The van der Waals surface area contributed by atoms with Gasteiger partial charge in [-0.15, -0.1) is 13.2 Å². The minimum absolute atomic E-state index is 0.0204.